The fraction of sp³-hybridized carbons (Fsp3) is 0.667. The van der Waals surface area contributed by atoms with E-state index in [1.54, 1.807) is 11.1 Å². The summed E-state index contributed by atoms with van der Waals surface area (Å²) in [5, 5.41) is 3.71. The first-order valence-electron chi connectivity index (χ1n) is 8.43. The van der Waals surface area contributed by atoms with Crippen molar-refractivity contribution in [2.24, 2.45) is 0 Å². The summed E-state index contributed by atoms with van der Waals surface area (Å²) in [6.45, 7) is 5.98. The Labute approximate surface area is 123 Å². The molecule has 0 aromatic heterocycles. The van der Waals surface area contributed by atoms with Crippen molar-refractivity contribution < 1.29 is 0 Å². The Morgan fingerprint density at radius 3 is 2.90 bits per heavy atom. The minimum absolute atomic E-state index is 0.662. The van der Waals surface area contributed by atoms with Gasteiger partial charge in [-0.15, -0.1) is 0 Å². The van der Waals surface area contributed by atoms with E-state index < -0.39 is 0 Å². The summed E-state index contributed by atoms with van der Waals surface area (Å²) < 4.78 is 0. The van der Waals surface area contributed by atoms with Crippen LogP contribution in [-0.2, 0) is 6.42 Å². The summed E-state index contributed by atoms with van der Waals surface area (Å²) in [6.07, 6.45) is 7.95. The Bertz CT molecular complexity index is 423. The minimum atomic E-state index is 0.662. The molecule has 1 fully saturated rings. The largest absolute Gasteiger partial charge is 0.313 e. The second-order valence-electron chi connectivity index (χ2n) is 6.40. The van der Waals surface area contributed by atoms with Gasteiger partial charge in [0.05, 0.1) is 0 Å². The molecule has 0 radical (unpaired) electrons. The lowest BCUT2D eigenvalue weighted by molar-refractivity contribution is 0.165. The molecule has 0 amide bonds. The zero-order chi connectivity index (χ0) is 13.8. The maximum atomic E-state index is 3.71. The number of piperidine rings is 1. The molecule has 110 valence electrons. The average Bonchev–Trinajstić information content (AvgIpc) is 2.92. The van der Waals surface area contributed by atoms with Crippen molar-refractivity contribution in [3.8, 4) is 0 Å². The second-order valence-corrected chi connectivity index (χ2v) is 6.40. The maximum Gasteiger partial charge on any atom is 0.0354 e. The van der Waals surface area contributed by atoms with E-state index in [1.165, 1.54) is 58.2 Å². The van der Waals surface area contributed by atoms with Crippen molar-refractivity contribution >= 4 is 0 Å². The van der Waals surface area contributed by atoms with Crippen LogP contribution in [0.5, 0.6) is 0 Å². The Morgan fingerprint density at radius 1 is 1.20 bits per heavy atom. The molecule has 0 saturated carbocycles. The van der Waals surface area contributed by atoms with Crippen LogP contribution in [-0.4, -0.2) is 30.6 Å². The number of hydrogen-bond acceptors (Lipinski definition) is 2. The smallest absolute Gasteiger partial charge is 0.0354 e. The van der Waals surface area contributed by atoms with Crippen LogP contribution >= 0.6 is 0 Å². The molecule has 1 aliphatic carbocycles. The van der Waals surface area contributed by atoms with E-state index in [0.717, 1.165) is 0 Å². The van der Waals surface area contributed by atoms with Crippen molar-refractivity contribution in [1.82, 2.24) is 10.2 Å². The minimum Gasteiger partial charge on any atom is -0.313 e. The average molecular weight is 272 g/mol. The van der Waals surface area contributed by atoms with E-state index in [1.807, 2.05) is 0 Å². The van der Waals surface area contributed by atoms with Crippen molar-refractivity contribution in [2.75, 3.05) is 19.6 Å². The molecule has 1 aliphatic heterocycles. The number of aryl methyl sites for hydroxylation is 1. The van der Waals surface area contributed by atoms with Crippen molar-refractivity contribution in [3.05, 3.63) is 35.4 Å². The van der Waals surface area contributed by atoms with Crippen LogP contribution in [0.3, 0.4) is 0 Å². The lowest BCUT2D eigenvalue weighted by Gasteiger charge is -2.34. The fourth-order valence-electron chi connectivity index (χ4n) is 3.94. The van der Waals surface area contributed by atoms with Crippen LogP contribution in [0.25, 0.3) is 0 Å². The molecular weight excluding hydrogens is 244 g/mol. The van der Waals surface area contributed by atoms with Gasteiger partial charge in [0.1, 0.15) is 0 Å². The first-order valence-corrected chi connectivity index (χ1v) is 8.43. The molecule has 0 bridgehead atoms. The van der Waals surface area contributed by atoms with Gasteiger partial charge in [-0.1, -0.05) is 37.6 Å². The first-order chi connectivity index (χ1) is 9.88. The van der Waals surface area contributed by atoms with Gasteiger partial charge in [0, 0.05) is 18.6 Å². The van der Waals surface area contributed by atoms with Crippen molar-refractivity contribution in [2.45, 2.75) is 57.5 Å². The van der Waals surface area contributed by atoms with Gasteiger partial charge >= 0.3 is 0 Å². The lowest BCUT2D eigenvalue weighted by atomic mass is 10.0. The molecule has 1 N–H and O–H groups in total. The van der Waals surface area contributed by atoms with Gasteiger partial charge in [-0.3, -0.25) is 4.90 Å². The molecule has 1 saturated heterocycles. The molecule has 20 heavy (non-hydrogen) atoms. The highest BCUT2D eigenvalue weighted by Gasteiger charge is 2.28. The quantitative estimate of drug-likeness (QED) is 0.882. The van der Waals surface area contributed by atoms with E-state index >= 15 is 0 Å². The number of fused-ring (bicyclic) bond motifs is 1. The predicted octanol–water partition coefficient (Wildman–Crippen LogP) is 3.53. The third-order valence-electron chi connectivity index (χ3n) is 4.92. The van der Waals surface area contributed by atoms with Crippen LogP contribution in [0.2, 0.25) is 0 Å². The van der Waals surface area contributed by atoms with E-state index in [0.29, 0.717) is 12.1 Å². The van der Waals surface area contributed by atoms with E-state index in [9.17, 15) is 0 Å². The van der Waals surface area contributed by atoms with Gasteiger partial charge in [0.25, 0.3) is 0 Å². The number of hydrogen-bond donors (Lipinski definition) is 1. The molecule has 3 rings (SSSR count). The van der Waals surface area contributed by atoms with Crippen LogP contribution in [0.1, 0.15) is 56.2 Å². The normalized spacial score (nSPS) is 25.9. The van der Waals surface area contributed by atoms with Gasteiger partial charge in [-0.25, -0.2) is 0 Å². The second kappa shape index (κ2) is 6.73. The summed E-state index contributed by atoms with van der Waals surface area (Å²) in [6, 6.07) is 10.4. The summed E-state index contributed by atoms with van der Waals surface area (Å²) in [7, 11) is 0. The lowest BCUT2D eigenvalue weighted by Crippen LogP contribution is -2.44. The molecule has 2 heteroatoms. The van der Waals surface area contributed by atoms with E-state index in [2.05, 4.69) is 41.4 Å². The Balaban J connectivity index is 1.70. The number of nitrogens with one attached hydrogen (secondary N) is 1. The molecule has 2 unspecified atom stereocenters. The molecule has 2 nitrogen and oxygen atoms in total. The predicted molar refractivity (Wildman–Crippen MR) is 85.0 cm³/mol. The van der Waals surface area contributed by atoms with Gasteiger partial charge in [-0.2, -0.15) is 0 Å². The number of rotatable bonds is 5. The van der Waals surface area contributed by atoms with Crippen LogP contribution < -0.4 is 5.32 Å². The van der Waals surface area contributed by atoms with Crippen molar-refractivity contribution in [3.63, 3.8) is 0 Å². The summed E-state index contributed by atoms with van der Waals surface area (Å²) in [5.41, 5.74) is 3.17. The summed E-state index contributed by atoms with van der Waals surface area (Å²) >= 11 is 0. The topological polar surface area (TPSA) is 15.3 Å². The molecular formula is C18H28N2. The number of benzene rings is 1. The molecule has 1 aromatic rings. The van der Waals surface area contributed by atoms with Crippen LogP contribution in [0.15, 0.2) is 24.3 Å². The Kier molecular flexibility index (Phi) is 4.74. The SMILES string of the molecule is CCCN(CC1CCCCN1)C1CCc2ccccc21. The third-order valence-corrected chi connectivity index (χ3v) is 4.92. The van der Waals surface area contributed by atoms with E-state index in [-0.39, 0.29) is 0 Å². The summed E-state index contributed by atoms with van der Waals surface area (Å²) in [4.78, 5) is 2.74. The highest BCUT2D eigenvalue weighted by atomic mass is 15.2. The highest BCUT2D eigenvalue weighted by molar-refractivity contribution is 5.34. The van der Waals surface area contributed by atoms with Crippen LogP contribution in [0, 0.1) is 0 Å². The fourth-order valence-corrected chi connectivity index (χ4v) is 3.94. The first kappa shape index (κ1) is 14.1. The maximum absolute atomic E-state index is 3.71. The van der Waals surface area contributed by atoms with Gasteiger partial charge in [0.2, 0.25) is 0 Å². The van der Waals surface area contributed by atoms with Gasteiger partial charge < -0.3 is 5.32 Å². The summed E-state index contributed by atoms with van der Waals surface area (Å²) in [5.74, 6) is 0. The molecule has 1 heterocycles. The Morgan fingerprint density at radius 2 is 2.10 bits per heavy atom. The standard InChI is InChI=1S/C18H28N2/c1-2-13-20(14-16-8-5-6-12-19-16)18-11-10-15-7-3-4-9-17(15)18/h3-4,7,9,16,18-19H,2,5-6,8,10-14H2,1H3. The van der Waals surface area contributed by atoms with Gasteiger partial charge in [-0.05, 0) is 56.3 Å². The molecule has 2 atom stereocenters. The zero-order valence-electron chi connectivity index (χ0n) is 12.8. The van der Waals surface area contributed by atoms with E-state index in [4.69, 9.17) is 0 Å². The molecule has 0 spiro atoms. The number of nitrogens with zero attached hydrogens (tertiary/aromatic N) is 1. The molecule has 2 aliphatic rings. The zero-order valence-corrected chi connectivity index (χ0v) is 12.8. The highest BCUT2D eigenvalue weighted by Crippen LogP contribution is 2.35. The van der Waals surface area contributed by atoms with Gasteiger partial charge in [0.15, 0.2) is 0 Å². The van der Waals surface area contributed by atoms with Crippen molar-refractivity contribution in [1.29, 1.82) is 0 Å². The molecule has 1 aromatic carbocycles. The van der Waals surface area contributed by atoms with Crippen LogP contribution in [0.4, 0.5) is 0 Å². The Hall–Kier alpha value is -0.860. The monoisotopic (exact) mass is 272 g/mol. The third kappa shape index (κ3) is 3.07.